The zero-order valence-corrected chi connectivity index (χ0v) is 20.3. The van der Waals surface area contributed by atoms with Gasteiger partial charge in [-0.1, -0.05) is 6.92 Å². The zero-order valence-electron chi connectivity index (χ0n) is 20.3. The van der Waals surface area contributed by atoms with Gasteiger partial charge in [-0.15, -0.1) is 0 Å². The van der Waals surface area contributed by atoms with E-state index in [2.05, 4.69) is 0 Å². The zero-order chi connectivity index (χ0) is 24.3. The van der Waals surface area contributed by atoms with Crippen LogP contribution < -0.4 is 0 Å². The van der Waals surface area contributed by atoms with Gasteiger partial charge in [0.15, 0.2) is 5.79 Å². The summed E-state index contributed by atoms with van der Waals surface area (Å²) in [6, 6.07) is 0. The third kappa shape index (κ3) is 2.78. The van der Waals surface area contributed by atoms with Crippen LogP contribution in [0, 0.1) is 28.6 Å². The third-order valence-electron chi connectivity index (χ3n) is 10.8. The van der Waals surface area contributed by atoms with Crippen LogP contribution in [0.4, 0.5) is 0 Å². The Balaban J connectivity index is 1.43. The van der Waals surface area contributed by atoms with Crippen molar-refractivity contribution in [2.24, 2.45) is 28.6 Å². The maximum atomic E-state index is 12.4. The molecule has 4 saturated carbocycles. The lowest BCUT2D eigenvalue weighted by atomic mass is 9.40. The lowest BCUT2D eigenvalue weighted by molar-refractivity contribution is -0.401. The molecule has 190 valence electrons. The number of hydrogen-bond donors (Lipinski definition) is 4. The van der Waals surface area contributed by atoms with E-state index in [4.69, 9.17) is 14.2 Å². The van der Waals surface area contributed by atoms with Crippen LogP contribution in [0.15, 0.2) is 11.6 Å². The van der Waals surface area contributed by atoms with E-state index >= 15 is 0 Å². The van der Waals surface area contributed by atoms with Crippen molar-refractivity contribution in [2.75, 3.05) is 13.2 Å². The lowest BCUT2D eigenvalue weighted by Crippen LogP contribution is -2.78. The molecule has 1 spiro atoms. The summed E-state index contributed by atoms with van der Waals surface area (Å²) >= 11 is 0. The average molecular weight is 479 g/mol. The first-order valence-electron chi connectivity index (χ1n) is 12.9. The molecule has 0 aromatic carbocycles. The second-order valence-corrected chi connectivity index (χ2v) is 12.7. The van der Waals surface area contributed by atoms with Crippen molar-refractivity contribution in [3.8, 4) is 0 Å². The Bertz CT molecular complexity index is 932. The summed E-state index contributed by atoms with van der Waals surface area (Å²) in [7, 11) is 0. The first-order valence-corrected chi connectivity index (χ1v) is 12.9. The molecular weight excluding hydrogens is 440 g/mol. The van der Waals surface area contributed by atoms with Gasteiger partial charge in [0.1, 0.15) is 6.61 Å². The SMILES string of the molecule is CC1(C)OC[C@@]23[C@@H]4[C@H](O)C[C@@]5(C)[C@H](C6=CC(=O)OC6)CC[C@]5(O)[C@H]4CC[C@@]2(O)C[C@@H](O)C[C@@H]3O1. The Morgan fingerprint density at radius 3 is 2.53 bits per heavy atom. The Hall–Kier alpha value is -1.03. The van der Waals surface area contributed by atoms with E-state index in [1.54, 1.807) is 6.08 Å². The minimum atomic E-state index is -1.25. The highest BCUT2D eigenvalue weighted by atomic mass is 16.7. The van der Waals surface area contributed by atoms with Crippen molar-refractivity contribution in [1.29, 1.82) is 0 Å². The van der Waals surface area contributed by atoms with Gasteiger partial charge in [0, 0.05) is 30.3 Å². The highest BCUT2D eigenvalue weighted by Crippen LogP contribution is 2.71. The molecule has 6 aliphatic rings. The number of carbonyl (C=O) groups excluding carboxylic acids is 1. The molecule has 1 saturated heterocycles. The first-order chi connectivity index (χ1) is 15.9. The fourth-order valence-electron chi connectivity index (χ4n) is 9.45. The Labute approximate surface area is 200 Å². The fraction of sp³-hybridized carbons (Fsp3) is 0.885. The topological polar surface area (TPSA) is 126 Å². The second kappa shape index (κ2) is 7.05. The van der Waals surface area contributed by atoms with Gasteiger partial charge in [0.25, 0.3) is 0 Å². The number of ether oxygens (including phenoxy) is 3. The molecule has 0 aromatic heterocycles. The van der Waals surface area contributed by atoms with E-state index in [1.165, 1.54) is 0 Å². The van der Waals surface area contributed by atoms with Gasteiger partial charge in [-0.05, 0) is 63.4 Å². The van der Waals surface area contributed by atoms with E-state index in [-0.39, 0.29) is 37.4 Å². The van der Waals surface area contributed by atoms with Crippen molar-refractivity contribution in [3.63, 3.8) is 0 Å². The highest BCUT2D eigenvalue weighted by Gasteiger charge is 2.76. The third-order valence-corrected chi connectivity index (χ3v) is 10.8. The van der Waals surface area contributed by atoms with Crippen molar-refractivity contribution in [1.82, 2.24) is 0 Å². The molecule has 0 aromatic rings. The standard InChI is InChI=1S/C26H38O8/c1-22(2)33-13-25-19(34-22)9-15(27)10-24(25,30)6-4-17-21(25)18(28)11-23(3)16(5-7-26(17,23)31)14-8-20(29)32-12-14/h8,15-19,21,27-28,30-31H,4-7,9-13H2,1-3H3/t15-,16-,17-,18+,19-,21-,23-,24+,25+,26-/m0/s1. The normalized spacial score (nSPS) is 56.0. The maximum Gasteiger partial charge on any atom is 0.331 e. The number of hydrogen-bond acceptors (Lipinski definition) is 8. The summed E-state index contributed by atoms with van der Waals surface area (Å²) in [5.41, 5.74) is -2.92. The van der Waals surface area contributed by atoms with Gasteiger partial charge < -0.3 is 34.6 Å². The highest BCUT2D eigenvalue weighted by molar-refractivity contribution is 5.85. The summed E-state index contributed by atoms with van der Waals surface area (Å²) in [6.07, 6.45) is 2.81. The van der Waals surface area contributed by atoms with Gasteiger partial charge in [-0.2, -0.15) is 0 Å². The summed E-state index contributed by atoms with van der Waals surface area (Å²) < 4.78 is 17.7. The van der Waals surface area contributed by atoms with E-state index < -0.39 is 52.0 Å². The second-order valence-electron chi connectivity index (χ2n) is 12.7. The van der Waals surface area contributed by atoms with Crippen molar-refractivity contribution >= 4 is 5.97 Å². The minimum Gasteiger partial charge on any atom is -0.458 e. The number of fused-ring (bicyclic) bond motifs is 3. The molecule has 0 unspecified atom stereocenters. The first kappa shape index (κ1) is 23.4. The number of esters is 1. The van der Waals surface area contributed by atoms with Crippen LogP contribution in [-0.2, 0) is 19.0 Å². The molecule has 8 nitrogen and oxygen atoms in total. The van der Waals surface area contributed by atoms with Crippen molar-refractivity contribution in [2.45, 2.75) is 101 Å². The van der Waals surface area contributed by atoms with Gasteiger partial charge in [0.2, 0.25) is 0 Å². The smallest absolute Gasteiger partial charge is 0.331 e. The van der Waals surface area contributed by atoms with Crippen LogP contribution in [0.2, 0.25) is 0 Å². The van der Waals surface area contributed by atoms with Crippen molar-refractivity contribution < 1.29 is 39.4 Å². The molecular formula is C26H38O8. The van der Waals surface area contributed by atoms with Crippen LogP contribution >= 0.6 is 0 Å². The molecule has 8 heteroatoms. The van der Waals surface area contributed by atoms with Crippen LogP contribution in [0.1, 0.15) is 65.7 Å². The van der Waals surface area contributed by atoms with Crippen LogP contribution in [-0.4, -0.2) is 74.9 Å². The molecule has 34 heavy (non-hydrogen) atoms. The predicted octanol–water partition coefficient (Wildman–Crippen LogP) is 1.43. The summed E-state index contributed by atoms with van der Waals surface area (Å²) in [5, 5.41) is 46.9. The van der Waals surface area contributed by atoms with Crippen LogP contribution in [0.25, 0.3) is 0 Å². The summed E-state index contributed by atoms with van der Waals surface area (Å²) in [6.45, 7) is 6.19. The fourth-order valence-corrected chi connectivity index (χ4v) is 9.45. The lowest BCUT2D eigenvalue weighted by Gasteiger charge is -2.70. The maximum absolute atomic E-state index is 12.4. The summed E-state index contributed by atoms with van der Waals surface area (Å²) in [5.74, 6) is -1.91. The van der Waals surface area contributed by atoms with Gasteiger partial charge in [-0.3, -0.25) is 0 Å². The number of aliphatic hydroxyl groups excluding tert-OH is 2. The Morgan fingerprint density at radius 2 is 1.82 bits per heavy atom. The number of carbonyl (C=O) groups is 1. The molecule has 4 N–H and O–H groups in total. The van der Waals surface area contributed by atoms with Gasteiger partial charge >= 0.3 is 5.97 Å². The quantitative estimate of drug-likeness (QED) is 0.417. The Morgan fingerprint density at radius 1 is 1.06 bits per heavy atom. The molecule has 0 amide bonds. The minimum absolute atomic E-state index is 0.0420. The number of rotatable bonds is 1. The molecule has 5 fully saturated rings. The molecule has 6 rings (SSSR count). The van der Waals surface area contributed by atoms with Gasteiger partial charge in [0.05, 0.1) is 41.5 Å². The Kier molecular flexibility index (Phi) is 4.84. The average Bonchev–Trinajstić information content (AvgIpc) is 3.26. The predicted molar refractivity (Wildman–Crippen MR) is 119 cm³/mol. The van der Waals surface area contributed by atoms with Crippen LogP contribution in [0.5, 0.6) is 0 Å². The number of aliphatic hydroxyl groups is 4. The van der Waals surface area contributed by atoms with E-state index in [1.807, 2.05) is 20.8 Å². The van der Waals surface area contributed by atoms with Gasteiger partial charge in [-0.25, -0.2) is 4.79 Å². The largest absolute Gasteiger partial charge is 0.458 e. The molecule has 10 atom stereocenters. The summed E-state index contributed by atoms with van der Waals surface area (Å²) in [4.78, 5) is 11.8. The van der Waals surface area contributed by atoms with E-state index in [9.17, 15) is 25.2 Å². The number of cyclic esters (lactones) is 1. The van der Waals surface area contributed by atoms with E-state index in [0.717, 1.165) is 12.0 Å². The molecule has 2 aliphatic heterocycles. The van der Waals surface area contributed by atoms with Crippen molar-refractivity contribution in [3.05, 3.63) is 11.6 Å². The molecule has 4 aliphatic carbocycles. The molecule has 0 radical (unpaired) electrons. The molecule has 0 bridgehead atoms. The monoisotopic (exact) mass is 478 g/mol. The van der Waals surface area contributed by atoms with E-state index in [0.29, 0.717) is 32.1 Å². The van der Waals surface area contributed by atoms with Crippen LogP contribution in [0.3, 0.4) is 0 Å². The molecule has 2 heterocycles.